The van der Waals surface area contributed by atoms with E-state index >= 15 is 0 Å². The van der Waals surface area contributed by atoms with Crippen LogP contribution in [0.3, 0.4) is 0 Å². The molecule has 1 fully saturated rings. The summed E-state index contributed by atoms with van der Waals surface area (Å²) in [5.41, 5.74) is -0.169. The Hall–Kier alpha value is -1.36. The van der Waals surface area contributed by atoms with Gasteiger partial charge in [0.05, 0.1) is 6.04 Å². The highest BCUT2D eigenvalue weighted by Gasteiger charge is 2.27. The predicted octanol–water partition coefficient (Wildman–Crippen LogP) is 1.97. The molecule has 1 aliphatic rings. The van der Waals surface area contributed by atoms with Crippen LogP contribution >= 0.6 is 11.6 Å². The molecule has 0 bridgehead atoms. The van der Waals surface area contributed by atoms with E-state index < -0.39 is 23.7 Å². The van der Waals surface area contributed by atoms with E-state index in [1.165, 1.54) is 0 Å². The number of hydrogen-bond acceptors (Lipinski definition) is 1. The van der Waals surface area contributed by atoms with Gasteiger partial charge in [0.15, 0.2) is 0 Å². The molecule has 2 N–H and O–H groups in total. The lowest BCUT2D eigenvalue weighted by Crippen LogP contribution is -2.22. The van der Waals surface area contributed by atoms with Crippen molar-refractivity contribution < 1.29 is 13.6 Å². The van der Waals surface area contributed by atoms with E-state index in [1.54, 1.807) is 0 Å². The lowest BCUT2D eigenvalue weighted by atomic mass is 10.1. The average molecular weight is 233 g/mol. The van der Waals surface area contributed by atoms with Crippen molar-refractivity contribution in [1.82, 2.24) is 10.6 Å². The molecular formula is C9H7ClF2N2O. The molecule has 6 heteroatoms. The van der Waals surface area contributed by atoms with E-state index in [0.717, 1.165) is 12.1 Å². The predicted molar refractivity (Wildman–Crippen MR) is 50.6 cm³/mol. The van der Waals surface area contributed by atoms with Gasteiger partial charge < -0.3 is 10.6 Å². The van der Waals surface area contributed by atoms with Gasteiger partial charge in [0.25, 0.3) is 0 Å². The van der Waals surface area contributed by atoms with Gasteiger partial charge in [-0.3, -0.25) is 0 Å². The molecule has 2 rings (SSSR count). The zero-order chi connectivity index (χ0) is 11.0. The summed E-state index contributed by atoms with van der Waals surface area (Å²) in [6, 6.07) is 0.915. The third kappa shape index (κ3) is 1.87. The topological polar surface area (TPSA) is 41.1 Å². The van der Waals surface area contributed by atoms with Crippen LogP contribution in [0.1, 0.15) is 11.6 Å². The van der Waals surface area contributed by atoms with Crippen molar-refractivity contribution in [2.24, 2.45) is 0 Å². The summed E-state index contributed by atoms with van der Waals surface area (Å²) in [6.07, 6.45) is 0. The number of carbonyl (C=O) groups excluding carboxylic acids is 1. The quantitative estimate of drug-likeness (QED) is 0.764. The molecule has 1 atom stereocenters. The van der Waals surface area contributed by atoms with Gasteiger partial charge in [0.2, 0.25) is 0 Å². The number of benzene rings is 1. The van der Waals surface area contributed by atoms with Crippen LogP contribution < -0.4 is 10.6 Å². The fraction of sp³-hybridized carbons (Fsp3) is 0.222. The molecular weight excluding hydrogens is 226 g/mol. The number of rotatable bonds is 1. The van der Waals surface area contributed by atoms with Gasteiger partial charge in [-0.05, 0) is 12.1 Å². The number of hydrogen-bond donors (Lipinski definition) is 2. The Balaban J connectivity index is 2.39. The Morgan fingerprint density at radius 2 is 1.93 bits per heavy atom. The molecule has 1 aromatic carbocycles. The van der Waals surface area contributed by atoms with Crippen LogP contribution in [0, 0.1) is 11.6 Å². The third-order valence-corrected chi connectivity index (χ3v) is 2.38. The van der Waals surface area contributed by atoms with Crippen LogP contribution in [0.4, 0.5) is 13.6 Å². The van der Waals surface area contributed by atoms with Crippen LogP contribution in [-0.2, 0) is 0 Å². The number of nitrogens with one attached hydrogen (secondary N) is 2. The van der Waals surface area contributed by atoms with Gasteiger partial charge in [0.1, 0.15) is 11.6 Å². The summed E-state index contributed by atoms with van der Waals surface area (Å²) < 4.78 is 26.8. The summed E-state index contributed by atoms with van der Waals surface area (Å²) in [7, 11) is 0. The molecule has 15 heavy (non-hydrogen) atoms. The van der Waals surface area contributed by atoms with Crippen molar-refractivity contribution in [2.75, 3.05) is 6.54 Å². The molecule has 0 aromatic heterocycles. The summed E-state index contributed by atoms with van der Waals surface area (Å²) in [5, 5.41) is 4.81. The van der Waals surface area contributed by atoms with Crippen LogP contribution in [0.25, 0.3) is 0 Å². The first-order valence-electron chi connectivity index (χ1n) is 4.26. The highest BCUT2D eigenvalue weighted by molar-refractivity contribution is 6.30. The van der Waals surface area contributed by atoms with E-state index in [4.69, 9.17) is 11.6 Å². The third-order valence-electron chi connectivity index (χ3n) is 2.16. The number of halogens is 3. The van der Waals surface area contributed by atoms with E-state index in [1.807, 2.05) is 0 Å². The molecule has 1 saturated heterocycles. The minimum atomic E-state index is -0.756. The largest absolute Gasteiger partial charge is 0.336 e. The molecule has 0 radical (unpaired) electrons. The summed E-state index contributed by atoms with van der Waals surface area (Å²) in [4.78, 5) is 10.8. The Morgan fingerprint density at radius 3 is 2.40 bits per heavy atom. The van der Waals surface area contributed by atoms with Crippen LogP contribution in [-0.4, -0.2) is 12.6 Å². The second kappa shape index (κ2) is 3.66. The number of amides is 2. The maximum absolute atomic E-state index is 13.4. The monoisotopic (exact) mass is 232 g/mol. The number of carbonyl (C=O) groups is 1. The first-order chi connectivity index (χ1) is 7.08. The van der Waals surface area contributed by atoms with E-state index in [0.29, 0.717) is 0 Å². The second-order valence-corrected chi connectivity index (χ2v) is 3.63. The summed E-state index contributed by atoms with van der Waals surface area (Å²) in [5.74, 6) is -1.51. The van der Waals surface area contributed by atoms with E-state index in [-0.39, 0.29) is 17.1 Å². The SMILES string of the molecule is O=C1NC[C@H](c2c(F)cc(Cl)cc2F)N1. The molecule has 0 saturated carbocycles. The van der Waals surface area contributed by atoms with Gasteiger partial charge in [0, 0.05) is 17.1 Å². The zero-order valence-corrected chi connectivity index (χ0v) is 8.24. The van der Waals surface area contributed by atoms with Crippen molar-refractivity contribution in [2.45, 2.75) is 6.04 Å². The molecule has 0 aliphatic carbocycles. The smallest absolute Gasteiger partial charge is 0.315 e. The van der Waals surface area contributed by atoms with Crippen LogP contribution in [0.15, 0.2) is 12.1 Å². The lowest BCUT2D eigenvalue weighted by molar-refractivity contribution is 0.247. The molecule has 0 unspecified atom stereocenters. The molecule has 1 aromatic rings. The van der Waals surface area contributed by atoms with Crippen molar-refractivity contribution in [1.29, 1.82) is 0 Å². The normalized spacial score (nSPS) is 19.9. The summed E-state index contributed by atoms with van der Waals surface area (Å²) >= 11 is 5.47. The first kappa shape index (κ1) is 10.2. The number of urea groups is 1. The van der Waals surface area contributed by atoms with Crippen molar-refractivity contribution in [3.63, 3.8) is 0 Å². The molecule has 3 nitrogen and oxygen atoms in total. The highest BCUT2D eigenvalue weighted by Crippen LogP contribution is 2.25. The minimum absolute atomic E-state index is 0.00830. The Kier molecular flexibility index (Phi) is 2.48. The standard InChI is InChI=1S/C9H7ClF2N2O/c10-4-1-5(11)8(6(12)2-4)7-3-13-9(15)14-7/h1-2,7H,3H2,(H2,13,14,15)/t7-/m1/s1. The van der Waals surface area contributed by atoms with E-state index in [2.05, 4.69) is 10.6 Å². The van der Waals surface area contributed by atoms with Crippen LogP contribution in [0.2, 0.25) is 5.02 Å². The fourth-order valence-electron chi connectivity index (χ4n) is 1.52. The molecule has 1 aliphatic heterocycles. The maximum atomic E-state index is 13.4. The Labute approximate surface area is 89.4 Å². The van der Waals surface area contributed by atoms with Gasteiger partial charge >= 0.3 is 6.03 Å². The van der Waals surface area contributed by atoms with Gasteiger partial charge in [-0.1, -0.05) is 11.6 Å². The van der Waals surface area contributed by atoms with Gasteiger partial charge in [-0.15, -0.1) is 0 Å². The molecule has 2 amide bonds. The summed E-state index contributed by atoms with van der Waals surface area (Å²) in [6.45, 7) is 0.161. The fourth-order valence-corrected chi connectivity index (χ4v) is 1.71. The first-order valence-corrected chi connectivity index (χ1v) is 4.64. The average Bonchev–Trinajstić information content (AvgIpc) is 2.49. The molecule has 0 spiro atoms. The Bertz CT molecular complexity index is 402. The van der Waals surface area contributed by atoms with Gasteiger partial charge in [-0.25, -0.2) is 13.6 Å². The van der Waals surface area contributed by atoms with Gasteiger partial charge in [-0.2, -0.15) is 0 Å². The zero-order valence-electron chi connectivity index (χ0n) is 7.48. The second-order valence-electron chi connectivity index (χ2n) is 3.19. The van der Waals surface area contributed by atoms with Crippen molar-refractivity contribution in [3.8, 4) is 0 Å². The Morgan fingerprint density at radius 1 is 1.33 bits per heavy atom. The highest BCUT2D eigenvalue weighted by atomic mass is 35.5. The van der Waals surface area contributed by atoms with Crippen LogP contribution in [0.5, 0.6) is 0 Å². The molecule has 1 heterocycles. The lowest BCUT2D eigenvalue weighted by Gasteiger charge is -2.11. The van der Waals surface area contributed by atoms with Crippen molar-refractivity contribution >= 4 is 17.6 Å². The maximum Gasteiger partial charge on any atom is 0.315 e. The van der Waals surface area contributed by atoms with Crippen molar-refractivity contribution in [3.05, 3.63) is 34.4 Å². The molecule has 80 valence electrons. The van der Waals surface area contributed by atoms with E-state index in [9.17, 15) is 13.6 Å². The minimum Gasteiger partial charge on any atom is -0.336 e.